The quantitative estimate of drug-likeness (QED) is 0.608. The average Bonchev–Trinajstić information content (AvgIpc) is 2.72. The fourth-order valence-electron chi connectivity index (χ4n) is 2.89. The average molecular weight is 407 g/mol. The van der Waals surface area contributed by atoms with E-state index in [1.54, 1.807) is 0 Å². The lowest BCUT2D eigenvalue weighted by Crippen LogP contribution is -2.40. The van der Waals surface area contributed by atoms with Gasteiger partial charge in [-0.3, -0.25) is 9.59 Å². The molecule has 1 aliphatic rings. The van der Waals surface area contributed by atoms with Gasteiger partial charge in [-0.2, -0.15) is 10.1 Å². The number of nitrogens with one attached hydrogen (secondary N) is 1. The number of carbonyl (C=O) groups is 2. The Hall–Kier alpha value is -3.23. The van der Waals surface area contributed by atoms with Gasteiger partial charge in [-0.15, -0.1) is 0 Å². The van der Waals surface area contributed by atoms with Crippen molar-refractivity contribution in [3.05, 3.63) is 65.2 Å². The van der Waals surface area contributed by atoms with Crippen LogP contribution in [0.5, 0.6) is 0 Å². The molecular formula is C20H17F4N3O2. The third-order valence-corrected chi connectivity index (χ3v) is 4.53. The predicted molar refractivity (Wildman–Crippen MR) is 98.3 cm³/mol. The maximum atomic E-state index is 14.0. The Kier molecular flexibility index (Phi) is 5.95. The van der Waals surface area contributed by atoms with Gasteiger partial charge in [0, 0.05) is 25.5 Å². The molecule has 5 nitrogen and oxygen atoms in total. The minimum absolute atomic E-state index is 0.0192. The molecule has 3 rings (SSSR count). The van der Waals surface area contributed by atoms with Crippen LogP contribution in [0.2, 0.25) is 0 Å². The van der Waals surface area contributed by atoms with Gasteiger partial charge >= 0.3 is 0 Å². The number of amides is 2. The summed E-state index contributed by atoms with van der Waals surface area (Å²) in [4.78, 5) is 24.5. The Balaban J connectivity index is 1.81. The van der Waals surface area contributed by atoms with Crippen LogP contribution in [0.1, 0.15) is 31.2 Å². The summed E-state index contributed by atoms with van der Waals surface area (Å²) in [6.07, 6.45) is -0.362. The van der Waals surface area contributed by atoms with E-state index in [0.717, 1.165) is 5.56 Å². The molecule has 2 amide bonds. The van der Waals surface area contributed by atoms with Gasteiger partial charge in [0.05, 0.1) is 0 Å². The number of nitrogens with zero attached hydrogens (tertiary/aromatic N) is 2. The number of hydrogen-bond acceptors (Lipinski definition) is 3. The fraction of sp³-hybridized carbons (Fsp3) is 0.250. The van der Waals surface area contributed by atoms with Crippen molar-refractivity contribution in [2.45, 2.75) is 25.7 Å². The summed E-state index contributed by atoms with van der Waals surface area (Å²) in [6, 6.07) is 9.43. The summed E-state index contributed by atoms with van der Waals surface area (Å²) in [6.45, 7) is 2.15. The molecule has 152 valence electrons. The van der Waals surface area contributed by atoms with E-state index in [4.69, 9.17) is 0 Å². The Morgan fingerprint density at radius 2 is 1.72 bits per heavy atom. The van der Waals surface area contributed by atoms with Crippen molar-refractivity contribution in [3.8, 4) is 0 Å². The highest BCUT2D eigenvalue weighted by atomic mass is 19.2. The van der Waals surface area contributed by atoms with E-state index < -0.39 is 40.8 Å². The standard InChI is InChI=1S/C20H17F4N3O2/c1-11(12-5-3-2-4-6-12)10-25-20(29)15-7-8-16(28)27(26-15)19-17(23)13(21)9-14(22)18(19)24/h2-6,9,11H,7-8,10H2,1H3,(H,25,29)/t11-/m0/s1. The molecule has 1 atom stereocenters. The lowest BCUT2D eigenvalue weighted by molar-refractivity contribution is -0.119. The zero-order valence-corrected chi connectivity index (χ0v) is 15.4. The van der Waals surface area contributed by atoms with E-state index in [0.29, 0.717) is 0 Å². The van der Waals surface area contributed by atoms with Crippen molar-refractivity contribution in [1.82, 2.24) is 5.32 Å². The molecule has 0 unspecified atom stereocenters. The summed E-state index contributed by atoms with van der Waals surface area (Å²) >= 11 is 0. The van der Waals surface area contributed by atoms with Crippen LogP contribution < -0.4 is 10.3 Å². The van der Waals surface area contributed by atoms with E-state index in [1.807, 2.05) is 37.3 Å². The largest absolute Gasteiger partial charge is 0.350 e. The minimum atomic E-state index is -1.76. The van der Waals surface area contributed by atoms with Crippen LogP contribution in [-0.4, -0.2) is 24.1 Å². The molecule has 2 aromatic rings. The molecule has 0 saturated carbocycles. The lowest BCUT2D eigenvalue weighted by atomic mass is 10.0. The van der Waals surface area contributed by atoms with Gasteiger partial charge in [-0.25, -0.2) is 17.6 Å². The van der Waals surface area contributed by atoms with E-state index in [1.165, 1.54) is 0 Å². The van der Waals surface area contributed by atoms with Crippen molar-refractivity contribution in [2.24, 2.45) is 5.10 Å². The van der Waals surface area contributed by atoms with Crippen LogP contribution in [0.25, 0.3) is 0 Å². The van der Waals surface area contributed by atoms with Gasteiger partial charge in [-0.05, 0) is 11.5 Å². The normalized spacial score (nSPS) is 15.1. The van der Waals surface area contributed by atoms with Crippen molar-refractivity contribution < 1.29 is 27.2 Å². The number of carbonyl (C=O) groups excluding carboxylic acids is 2. The van der Waals surface area contributed by atoms with Crippen LogP contribution in [0.4, 0.5) is 23.2 Å². The molecule has 1 heterocycles. The van der Waals surface area contributed by atoms with Gasteiger partial charge in [0.15, 0.2) is 23.3 Å². The predicted octanol–water partition coefficient (Wildman–Crippen LogP) is 3.65. The van der Waals surface area contributed by atoms with Gasteiger partial charge in [0.2, 0.25) is 5.91 Å². The number of halogens is 4. The Morgan fingerprint density at radius 1 is 1.10 bits per heavy atom. The first-order valence-electron chi connectivity index (χ1n) is 8.86. The van der Waals surface area contributed by atoms with Gasteiger partial charge in [0.25, 0.3) is 5.91 Å². The summed E-state index contributed by atoms with van der Waals surface area (Å²) in [5.41, 5.74) is -0.460. The monoisotopic (exact) mass is 407 g/mol. The van der Waals surface area contributed by atoms with Crippen LogP contribution in [0.3, 0.4) is 0 Å². The Labute approximate surface area is 164 Å². The van der Waals surface area contributed by atoms with Crippen LogP contribution in [0, 0.1) is 23.3 Å². The molecule has 0 radical (unpaired) electrons. The smallest absolute Gasteiger partial charge is 0.267 e. The molecular weight excluding hydrogens is 390 g/mol. The van der Waals surface area contributed by atoms with Crippen LogP contribution in [0.15, 0.2) is 41.5 Å². The second-order valence-corrected chi connectivity index (χ2v) is 6.59. The molecule has 0 aliphatic carbocycles. The highest BCUT2D eigenvalue weighted by Gasteiger charge is 2.32. The van der Waals surface area contributed by atoms with Gasteiger partial charge in [-0.1, -0.05) is 37.3 Å². The number of benzene rings is 2. The molecule has 2 aromatic carbocycles. The third-order valence-electron chi connectivity index (χ3n) is 4.53. The molecule has 29 heavy (non-hydrogen) atoms. The maximum Gasteiger partial charge on any atom is 0.267 e. The van der Waals surface area contributed by atoms with Gasteiger partial charge < -0.3 is 5.32 Å². The zero-order valence-electron chi connectivity index (χ0n) is 15.4. The number of anilines is 1. The topological polar surface area (TPSA) is 61.8 Å². The molecule has 0 bridgehead atoms. The van der Waals surface area contributed by atoms with Crippen LogP contribution in [-0.2, 0) is 9.59 Å². The van der Waals surface area contributed by atoms with Crippen molar-refractivity contribution in [2.75, 3.05) is 11.6 Å². The highest BCUT2D eigenvalue weighted by Crippen LogP contribution is 2.30. The third kappa shape index (κ3) is 4.28. The number of hydrazone groups is 1. The van der Waals surface area contributed by atoms with Crippen molar-refractivity contribution >= 4 is 23.2 Å². The second kappa shape index (κ2) is 8.42. The van der Waals surface area contributed by atoms with Gasteiger partial charge in [0.1, 0.15) is 11.4 Å². The molecule has 1 N–H and O–H groups in total. The van der Waals surface area contributed by atoms with Crippen molar-refractivity contribution in [3.63, 3.8) is 0 Å². The van der Waals surface area contributed by atoms with E-state index in [9.17, 15) is 27.2 Å². The van der Waals surface area contributed by atoms with Crippen LogP contribution >= 0.6 is 0 Å². The summed E-state index contributed by atoms with van der Waals surface area (Å²) in [5, 5.41) is 6.51. The molecule has 0 aromatic heterocycles. The lowest BCUT2D eigenvalue weighted by Gasteiger charge is -2.24. The van der Waals surface area contributed by atoms with E-state index in [2.05, 4.69) is 10.4 Å². The first-order chi connectivity index (χ1) is 13.8. The van der Waals surface area contributed by atoms with Crippen molar-refractivity contribution in [1.29, 1.82) is 0 Å². The SMILES string of the molecule is C[C@@H](CNC(=O)C1=NN(c2c(F)c(F)cc(F)c2F)C(=O)CC1)c1ccccc1. The molecule has 9 heteroatoms. The summed E-state index contributed by atoms with van der Waals surface area (Å²) in [7, 11) is 0. The van der Waals surface area contributed by atoms with E-state index in [-0.39, 0.29) is 42.1 Å². The van der Waals surface area contributed by atoms with E-state index >= 15 is 0 Å². The minimum Gasteiger partial charge on any atom is -0.350 e. The first kappa shape index (κ1) is 20.5. The Morgan fingerprint density at radius 3 is 2.34 bits per heavy atom. The molecule has 0 fully saturated rings. The molecule has 0 spiro atoms. The second-order valence-electron chi connectivity index (χ2n) is 6.59. The molecule has 0 saturated heterocycles. The summed E-state index contributed by atoms with van der Waals surface area (Å²) < 4.78 is 55.0. The number of rotatable bonds is 5. The first-order valence-corrected chi connectivity index (χ1v) is 8.86. The maximum absolute atomic E-state index is 14.0. The molecule has 1 aliphatic heterocycles. The summed E-state index contributed by atoms with van der Waals surface area (Å²) in [5.74, 6) is -8.41. The Bertz CT molecular complexity index is 953. The highest BCUT2D eigenvalue weighted by molar-refractivity contribution is 6.40. The zero-order chi connectivity index (χ0) is 21.1. The number of hydrogen-bond donors (Lipinski definition) is 1. The fourth-order valence-corrected chi connectivity index (χ4v) is 2.89.